The number of nitrogens with one attached hydrogen (secondary N) is 1. The van der Waals surface area contributed by atoms with E-state index in [9.17, 15) is 13.6 Å². The van der Waals surface area contributed by atoms with E-state index in [4.69, 9.17) is 4.74 Å². The summed E-state index contributed by atoms with van der Waals surface area (Å²) in [6, 6.07) is 12.7. The van der Waals surface area contributed by atoms with Crippen molar-refractivity contribution in [2.45, 2.75) is 13.3 Å². The van der Waals surface area contributed by atoms with Gasteiger partial charge in [-0.05, 0) is 47.9 Å². The molecule has 3 rings (SSSR count). The van der Waals surface area contributed by atoms with Crippen molar-refractivity contribution in [2.24, 2.45) is 0 Å². The average molecular weight is 437 g/mol. The van der Waals surface area contributed by atoms with Gasteiger partial charge in [-0.25, -0.2) is 13.6 Å². The fraction of sp³-hybridized carbons (Fsp3) is 0.348. The number of benzene rings is 2. The monoisotopic (exact) mass is 436 g/mol. The molecule has 1 heterocycles. The Hall–Kier alpha value is -2.44. The number of quaternary nitrogens is 1. The standard InChI is InChI=1S/C23H26F2N2O2.ClH/c1-2-29-23(28)27-16-14-26(15-17-27)13-3-4-22(18-5-9-20(24)10-6-18)19-7-11-21(25)12-8-19;/h4-12H,2-3,13-17H2,1H3;1H. The molecule has 1 fully saturated rings. The zero-order valence-corrected chi connectivity index (χ0v) is 17.8. The van der Waals surface area contributed by atoms with E-state index in [1.165, 1.54) is 29.2 Å². The molecule has 2 aromatic rings. The molecule has 1 saturated heterocycles. The summed E-state index contributed by atoms with van der Waals surface area (Å²) >= 11 is 0. The fourth-order valence-electron chi connectivity index (χ4n) is 3.55. The van der Waals surface area contributed by atoms with E-state index in [0.29, 0.717) is 19.7 Å². The van der Waals surface area contributed by atoms with Crippen LogP contribution in [-0.4, -0.2) is 50.3 Å². The SMILES string of the molecule is CCOC(=O)N1CC[NH+](CCC=C(c2ccc(F)cc2)c2ccc(F)cc2)CC1.[Cl-]. The summed E-state index contributed by atoms with van der Waals surface area (Å²) < 4.78 is 31.7. The molecule has 1 amide bonds. The van der Waals surface area contributed by atoms with Gasteiger partial charge in [0.25, 0.3) is 0 Å². The van der Waals surface area contributed by atoms with Gasteiger partial charge in [0.2, 0.25) is 0 Å². The normalized spacial score (nSPS) is 14.0. The maximum Gasteiger partial charge on any atom is 0.410 e. The number of amides is 1. The molecule has 0 bridgehead atoms. The zero-order chi connectivity index (χ0) is 20.6. The van der Waals surface area contributed by atoms with Crippen LogP contribution in [0.3, 0.4) is 0 Å². The summed E-state index contributed by atoms with van der Waals surface area (Å²) in [5.74, 6) is -0.563. The third kappa shape index (κ3) is 6.54. The lowest BCUT2D eigenvalue weighted by molar-refractivity contribution is -0.903. The van der Waals surface area contributed by atoms with Gasteiger partial charge in [0.15, 0.2) is 0 Å². The molecule has 2 aromatic carbocycles. The predicted octanol–water partition coefficient (Wildman–Crippen LogP) is 0.148. The lowest BCUT2D eigenvalue weighted by Crippen LogP contribution is -3.14. The first kappa shape index (κ1) is 23.8. The van der Waals surface area contributed by atoms with Gasteiger partial charge in [0.05, 0.1) is 39.3 Å². The van der Waals surface area contributed by atoms with Crippen molar-refractivity contribution in [3.63, 3.8) is 0 Å². The van der Waals surface area contributed by atoms with Crippen molar-refractivity contribution in [1.29, 1.82) is 0 Å². The highest BCUT2D eigenvalue weighted by molar-refractivity contribution is 5.79. The van der Waals surface area contributed by atoms with E-state index in [1.54, 1.807) is 29.2 Å². The summed E-state index contributed by atoms with van der Waals surface area (Å²) in [5.41, 5.74) is 2.77. The van der Waals surface area contributed by atoms with Gasteiger partial charge in [0, 0.05) is 6.42 Å². The number of hydrogen-bond acceptors (Lipinski definition) is 2. The Morgan fingerprint density at radius 1 is 1.00 bits per heavy atom. The third-order valence-corrected chi connectivity index (χ3v) is 5.15. The number of carbonyl (C=O) groups excluding carboxylic acids is 1. The van der Waals surface area contributed by atoms with E-state index in [1.807, 2.05) is 6.92 Å². The third-order valence-electron chi connectivity index (χ3n) is 5.15. The first-order valence-corrected chi connectivity index (χ1v) is 10.0. The first-order valence-electron chi connectivity index (χ1n) is 10.0. The van der Waals surface area contributed by atoms with Crippen LogP contribution in [0.4, 0.5) is 13.6 Å². The van der Waals surface area contributed by atoms with Crippen LogP contribution in [0.5, 0.6) is 0 Å². The van der Waals surface area contributed by atoms with Crippen LogP contribution >= 0.6 is 0 Å². The molecule has 7 heteroatoms. The average Bonchev–Trinajstić information content (AvgIpc) is 2.74. The lowest BCUT2D eigenvalue weighted by atomic mass is 9.96. The van der Waals surface area contributed by atoms with Crippen molar-refractivity contribution in [2.75, 3.05) is 39.3 Å². The number of hydrogen-bond donors (Lipinski definition) is 1. The quantitative estimate of drug-likeness (QED) is 0.699. The van der Waals surface area contributed by atoms with E-state index < -0.39 is 0 Å². The number of halogens is 3. The van der Waals surface area contributed by atoms with Crippen LogP contribution in [0.25, 0.3) is 5.57 Å². The topological polar surface area (TPSA) is 34.0 Å². The summed E-state index contributed by atoms with van der Waals surface area (Å²) in [4.78, 5) is 15.0. The second kappa shape index (κ2) is 11.7. The van der Waals surface area contributed by atoms with Crippen LogP contribution in [0.15, 0.2) is 54.6 Å². The summed E-state index contributed by atoms with van der Waals surface area (Å²) in [5, 5.41) is 0. The van der Waals surface area contributed by atoms with E-state index >= 15 is 0 Å². The van der Waals surface area contributed by atoms with Gasteiger partial charge in [-0.15, -0.1) is 0 Å². The maximum atomic E-state index is 13.3. The van der Waals surface area contributed by atoms with Crippen LogP contribution < -0.4 is 17.3 Å². The Bertz CT molecular complexity index is 786. The molecular formula is C23H27ClF2N2O2. The second-order valence-corrected chi connectivity index (χ2v) is 7.11. The molecule has 1 N–H and O–H groups in total. The first-order chi connectivity index (χ1) is 14.1. The Kier molecular flexibility index (Phi) is 9.27. The minimum atomic E-state index is -0.281. The summed E-state index contributed by atoms with van der Waals surface area (Å²) in [6.45, 7) is 6.30. The van der Waals surface area contributed by atoms with E-state index in [0.717, 1.165) is 42.8 Å². The zero-order valence-electron chi connectivity index (χ0n) is 17.0. The van der Waals surface area contributed by atoms with Crippen molar-refractivity contribution in [1.82, 2.24) is 4.90 Å². The van der Waals surface area contributed by atoms with Crippen molar-refractivity contribution in [3.05, 3.63) is 77.4 Å². The van der Waals surface area contributed by atoms with Gasteiger partial charge in [-0.2, -0.15) is 0 Å². The van der Waals surface area contributed by atoms with Gasteiger partial charge in [-0.3, -0.25) is 4.90 Å². The molecular weight excluding hydrogens is 410 g/mol. The van der Waals surface area contributed by atoms with Gasteiger partial charge >= 0.3 is 6.09 Å². The molecule has 0 atom stereocenters. The van der Waals surface area contributed by atoms with E-state index in [2.05, 4.69) is 6.08 Å². The van der Waals surface area contributed by atoms with Gasteiger partial charge in [-0.1, -0.05) is 30.3 Å². The molecule has 0 aromatic heterocycles. The Labute approximate surface area is 182 Å². The molecule has 0 radical (unpaired) electrons. The molecule has 162 valence electrons. The second-order valence-electron chi connectivity index (χ2n) is 7.11. The molecule has 0 saturated carbocycles. The molecule has 1 aliphatic rings. The minimum Gasteiger partial charge on any atom is -1.00 e. The van der Waals surface area contributed by atoms with Crippen LogP contribution in [0.1, 0.15) is 24.5 Å². The molecule has 0 spiro atoms. The highest BCUT2D eigenvalue weighted by atomic mass is 35.5. The summed E-state index contributed by atoms with van der Waals surface area (Å²) in [7, 11) is 0. The molecule has 1 aliphatic heterocycles. The van der Waals surface area contributed by atoms with Crippen molar-refractivity contribution < 1.29 is 35.6 Å². The number of carbonyl (C=O) groups is 1. The Balaban J connectivity index is 0.00000320. The van der Waals surface area contributed by atoms with Gasteiger partial charge < -0.3 is 22.0 Å². The van der Waals surface area contributed by atoms with Crippen LogP contribution in [0, 0.1) is 11.6 Å². The number of nitrogens with zero attached hydrogens (tertiary/aromatic N) is 1. The molecule has 0 unspecified atom stereocenters. The minimum absolute atomic E-state index is 0. The highest BCUT2D eigenvalue weighted by Gasteiger charge is 2.23. The number of ether oxygens (including phenoxy) is 1. The molecule has 30 heavy (non-hydrogen) atoms. The van der Waals surface area contributed by atoms with Crippen LogP contribution in [-0.2, 0) is 4.74 Å². The molecule has 4 nitrogen and oxygen atoms in total. The number of piperazine rings is 1. The van der Waals surface area contributed by atoms with Crippen molar-refractivity contribution >= 4 is 11.7 Å². The van der Waals surface area contributed by atoms with Crippen molar-refractivity contribution in [3.8, 4) is 0 Å². The maximum absolute atomic E-state index is 13.3. The Morgan fingerprint density at radius 2 is 1.50 bits per heavy atom. The van der Waals surface area contributed by atoms with Crippen LogP contribution in [0.2, 0.25) is 0 Å². The largest absolute Gasteiger partial charge is 1.00 e. The highest BCUT2D eigenvalue weighted by Crippen LogP contribution is 2.24. The summed E-state index contributed by atoms with van der Waals surface area (Å²) in [6.07, 6.45) is 2.73. The fourth-order valence-corrected chi connectivity index (χ4v) is 3.55. The van der Waals surface area contributed by atoms with E-state index in [-0.39, 0.29) is 30.1 Å². The van der Waals surface area contributed by atoms with Gasteiger partial charge in [0.1, 0.15) is 11.6 Å². The number of rotatable bonds is 6. The predicted molar refractivity (Wildman–Crippen MR) is 109 cm³/mol. The smallest absolute Gasteiger partial charge is 0.410 e. The molecule has 0 aliphatic carbocycles. The Morgan fingerprint density at radius 3 is 1.97 bits per heavy atom. The lowest BCUT2D eigenvalue weighted by Gasteiger charge is -2.31.